The number of aryl methyl sites for hydroxylation is 1. The minimum atomic E-state index is -1.18. The highest BCUT2D eigenvalue weighted by Gasteiger charge is 2.56. The maximum absolute atomic E-state index is 13.8. The van der Waals surface area contributed by atoms with E-state index in [-0.39, 0.29) is 0 Å². The quantitative estimate of drug-likeness (QED) is 0.284. The molecule has 174 valence electrons. The molecule has 0 bridgehead atoms. The summed E-state index contributed by atoms with van der Waals surface area (Å²) in [4.78, 5) is 15.7. The largest absolute Gasteiger partial charge is 0.456 e. The first-order valence-electron chi connectivity index (χ1n) is 11.7. The molecule has 0 aliphatic carbocycles. The van der Waals surface area contributed by atoms with E-state index in [1.807, 2.05) is 73.6 Å². The molecule has 0 radical (unpaired) electrons. The minimum absolute atomic E-state index is 0.419. The van der Waals surface area contributed by atoms with Crippen molar-refractivity contribution in [3.05, 3.63) is 106 Å². The first-order chi connectivity index (χ1) is 16.8. The number of fused-ring (bicyclic) bond motifs is 6. The number of benzene rings is 4. The molecule has 0 atom stereocenters. The molecule has 5 heteroatoms. The lowest BCUT2D eigenvalue weighted by Gasteiger charge is -2.38. The highest BCUT2D eigenvalue weighted by molar-refractivity contribution is 6.08. The molecule has 0 amide bonds. The lowest BCUT2D eigenvalue weighted by Crippen LogP contribution is -2.33. The lowest BCUT2D eigenvalue weighted by atomic mass is 9.73. The van der Waals surface area contributed by atoms with Gasteiger partial charge in [0.15, 0.2) is 5.60 Å². The number of para-hydroxylation sites is 2. The molecule has 0 unspecified atom stereocenters. The number of carbonyl (C=O) groups is 1. The topological polar surface area (TPSA) is 64.8 Å². The van der Waals surface area contributed by atoms with E-state index in [1.54, 1.807) is 0 Å². The Balaban J connectivity index is 1.84. The normalized spacial score (nSPS) is 14.6. The Bertz CT molecular complexity index is 1490. The number of hydrogen-bond donors (Lipinski definition) is 1. The van der Waals surface area contributed by atoms with Crippen LogP contribution in [0.2, 0.25) is 0 Å². The van der Waals surface area contributed by atoms with Crippen LogP contribution in [0, 0.1) is 13.8 Å². The predicted molar refractivity (Wildman–Crippen MR) is 138 cm³/mol. The summed E-state index contributed by atoms with van der Waals surface area (Å²) in [6, 6.07) is 23.8. The third kappa shape index (κ3) is 2.78. The van der Waals surface area contributed by atoms with Crippen LogP contribution < -0.4 is 15.4 Å². The van der Waals surface area contributed by atoms with Gasteiger partial charge in [0.1, 0.15) is 11.5 Å². The SMILES string of the molecule is Cc1cccc(-c2c(C)c(N(C)C)c(N)c3c2C2(OC3=O)c3ccccc3Oc3ccccc32)c1. The van der Waals surface area contributed by atoms with Gasteiger partial charge in [0, 0.05) is 30.8 Å². The Hall–Kier alpha value is -4.25. The molecule has 0 saturated carbocycles. The minimum Gasteiger partial charge on any atom is -0.456 e. The summed E-state index contributed by atoms with van der Waals surface area (Å²) in [5.41, 5.74) is 13.7. The van der Waals surface area contributed by atoms with Crippen LogP contribution >= 0.6 is 0 Å². The van der Waals surface area contributed by atoms with E-state index in [0.717, 1.165) is 44.6 Å². The van der Waals surface area contributed by atoms with Crippen molar-refractivity contribution in [2.45, 2.75) is 19.4 Å². The van der Waals surface area contributed by atoms with Gasteiger partial charge < -0.3 is 20.1 Å². The van der Waals surface area contributed by atoms with Gasteiger partial charge in [-0.15, -0.1) is 0 Å². The molecule has 2 aliphatic rings. The number of nitrogens with two attached hydrogens (primary N) is 1. The molecule has 1 spiro atoms. The summed E-state index contributed by atoms with van der Waals surface area (Å²) in [5, 5.41) is 0. The Morgan fingerprint density at radius 2 is 1.46 bits per heavy atom. The molecule has 2 heterocycles. The van der Waals surface area contributed by atoms with Crippen LogP contribution in [0.25, 0.3) is 11.1 Å². The van der Waals surface area contributed by atoms with E-state index in [1.165, 1.54) is 0 Å². The van der Waals surface area contributed by atoms with E-state index in [4.69, 9.17) is 15.2 Å². The van der Waals surface area contributed by atoms with Gasteiger partial charge in [0.2, 0.25) is 0 Å². The van der Waals surface area contributed by atoms with Crippen LogP contribution in [0.5, 0.6) is 11.5 Å². The number of rotatable bonds is 2. The first kappa shape index (κ1) is 21.3. The van der Waals surface area contributed by atoms with E-state index in [9.17, 15) is 4.79 Å². The fourth-order valence-corrected chi connectivity index (χ4v) is 5.76. The second-order valence-electron chi connectivity index (χ2n) is 9.44. The maximum Gasteiger partial charge on any atom is 0.342 e. The summed E-state index contributed by atoms with van der Waals surface area (Å²) in [7, 11) is 3.89. The van der Waals surface area contributed by atoms with Crippen molar-refractivity contribution in [3.63, 3.8) is 0 Å². The zero-order valence-corrected chi connectivity index (χ0v) is 20.2. The first-order valence-corrected chi connectivity index (χ1v) is 11.7. The highest BCUT2D eigenvalue weighted by atomic mass is 16.6. The van der Waals surface area contributed by atoms with Crippen molar-refractivity contribution in [1.82, 2.24) is 0 Å². The molecule has 0 aromatic heterocycles. The molecular weight excluding hydrogens is 436 g/mol. The second kappa shape index (κ2) is 7.37. The summed E-state index contributed by atoms with van der Waals surface area (Å²) < 4.78 is 12.7. The van der Waals surface area contributed by atoms with Crippen LogP contribution in [-0.4, -0.2) is 20.1 Å². The average molecular weight is 463 g/mol. The summed E-state index contributed by atoms with van der Waals surface area (Å²) in [5.74, 6) is 0.894. The van der Waals surface area contributed by atoms with E-state index in [2.05, 4.69) is 32.0 Å². The van der Waals surface area contributed by atoms with Crippen molar-refractivity contribution in [2.75, 3.05) is 24.7 Å². The van der Waals surface area contributed by atoms with Crippen LogP contribution in [0.3, 0.4) is 0 Å². The van der Waals surface area contributed by atoms with Crippen molar-refractivity contribution < 1.29 is 14.3 Å². The highest BCUT2D eigenvalue weighted by Crippen LogP contribution is 2.60. The molecule has 6 rings (SSSR count). The zero-order valence-electron chi connectivity index (χ0n) is 20.2. The number of nitrogens with zero attached hydrogens (tertiary/aromatic N) is 1. The standard InChI is InChI=1S/C30H26N2O3/c1-17-10-9-11-19(16-17)24-18(2)28(32(3)4)27(31)25-26(24)30(35-29(25)33)20-12-5-7-14-22(20)34-23-15-8-6-13-21(23)30/h5-16H,31H2,1-4H3. The summed E-state index contributed by atoms with van der Waals surface area (Å²) >= 11 is 0. The van der Waals surface area contributed by atoms with Gasteiger partial charge >= 0.3 is 5.97 Å². The van der Waals surface area contributed by atoms with E-state index < -0.39 is 11.6 Å². The van der Waals surface area contributed by atoms with Gasteiger partial charge in [-0.3, -0.25) is 0 Å². The third-order valence-corrected chi connectivity index (χ3v) is 7.06. The zero-order chi connectivity index (χ0) is 24.5. The van der Waals surface area contributed by atoms with Crippen molar-refractivity contribution in [2.24, 2.45) is 0 Å². The monoisotopic (exact) mass is 462 g/mol. The van der Waals surface area contributed by atoms with Crippen molar-refractivity contribution in [1.29, 1.82) is 0 Å². The Morgan fingerprint density at radius 3 is 2.06 bits per heavy atom. The fraction of sp³-hybridized carbons (Fsp3) is 0.167. The molecule has 0 fully saturated rings. The number of nitrogen functional groups attached to an aromatic ring is 1. The molecular formula is C30H26N2O3. The lowest BCUT2D eigenvalue weighted by molar-refractivity contribution is 0.0226. The third-order valence-electron chi connectivity index (χ3n) is 7.06. The number of carbonyl (C=O) groups excluding carboxylic acids is 1. The van der Waals surface area contributed by atoms with E-state index >= 15 is 0 Å². The Kier molecular flexibility index (Phi) is 4.49. The summed E-state index contributed by atoms with van der Waals surface area (Å²) in [6.45, 7) is 4.14. The number of hydrogen-bond acceptors (Lipinski definition) is 5. The van der Waals surface area contributed by atoms with Crippen molar-refractivity contribution >= 4 is 17.3 Å². The number of esters is 1. The van der Waals surface area contributed by atoms with Gasteiger partial charge in [0.25, 0.3) is 0 Å². The Morgan fingerprint density at radius 1 is 0.829 bits per heavy atom. The molecule has 2 N–H and O–H groups in total. The van der Waals surface area contributed by atoms with Gasteiger partial charge in [-0.1, -0.05) is 66.2 Å². The average Bonchev–Trinajstić information content (AvgIpc) is 3.12. The molecule has 0 saturated heterocycles. The molecule has 2 aliphatic heterocycles. The van der Waals surface area contributed by atoms with Crippen LogP contribution in [0.1, 0.15) is 38.2 Å². The van der Waals surface area contributed by atoms with Gasteiger partial charge in [-0.25, -0.2) is 4.79 Å². The van der Waals surface area contributed by atoms with Crippen LogP contribution in [-0.2, 0) is 10.3 Å². The van der Waals surface area contributed by atoms with Gasteiger partial charge in [-0.05, 0) is 42.7 Å². The number of anilines is 2. The smallest absolute Gasteiger partial charge is 0.342 e. The predicted octanol–water partition coefficient (Wildman–Crippen LogP) is 6.19. The molecule has 35 heavy (non-hydrogen) atoms. The summed E-state index contributed by atoms with van der Waals surface area (Å²) in [6.07, 6.45) is 0. The fourth-order valence-electron chi connectivity index (χ4n) is 5.76. The number of ether oxygens (including phenoxy) is 2. The molecule has 4 aromatic rings. The second-order valence-corrected chi connectivity index (χ2v) is 9.44. The van der Waals surface area contributed by atoms with E-state index in [0.29, 0.717) is 22.7 Å². The van der Waals surface area contributed by atoms with Crippen LogP contribution in [0.4, 0.5) is 11.4 Å². The molecule has 4 aromatic carbocycles. The van der Waals surface area contributed by atoms with Gasteiger partial charge in [0.05, 0.1) is 16.9 Å². The Labute approximate surface area is 204 Å². The maximum atomic E-state index is 13.8. The van der Waals surface area contributed by atoms with Crippen LogP contribution in [0.15, 0.2) is 72.8 Å². The van der Waals surface area contributed by atoms with Crippen molar-refractivity contribution in [3.8, 4) is 22.6 Å². The molecule has 5 nitrogen and oxygen atoms in total. The van der Waals surface area contributed by atoms with Gasteiger partial charge in [-0.2, -0.15) is 0 Å².